The molecule has 0 saturated heterocycles. The number of nitrogens with zero attached hydrogens (tertiary/aromatic N) is 12. The highest BCUT2D eigenvalue weighted by molar-refractivity contribution is 6.24. The molecule has 0 unspecified atom stereocenters. The fourth-order valence-electron chi connectivity index (χ4n) is 22.6. The molecular formula is C131H76N12O3. The van der Waals surface area contributed by atoms with Crippen LogP contribution in [0.2, 0.25) is 0 Å². The van der Waals surface area contributed by atoms with Crippen molar-refractivity contribution in [2.75, 3.05) is 14.7 Å². The van der Waals surface area contributed by atoms with Crippen LogP contribution in [0.3, 0.4) is 0 Å². The van der Waals surface area contributed by atoms with Gasteiger partial charge in [0, 0.05) is 136 Å². The Kier molecular flexibility index (Phi) is 18.4. The van der Waals surface area contributed by atoms with Crippen molar-refractivity contribution in [2.45, 2.75) is 0 Å². The molecule has 0 amide bonds. The number of para-hydroxylation sites is 4. The van der Waals surface area contributed by atoms with Gasteiger partial charge in [0.2, 0.25) is 0 Å². The van der Waals surface area contributed by atoms with Crippen LogP contribution in [-0.4, -0.2) is 44.9 Å². The molecule has 20 aromatic carbocycles. The molecule has 29 aromatic rings. The van der Waals surface area contributed by atoms with E-state index in [0.717, 1.165) is 144 Å². The van der Waals surface area contributed by atoms with E-state index in [1.165, 1.54) is 126 Å². The number of rotatable bonds is 9. The first kappa shape index (κ1) is 81.9. The van der Waals surface area contributed by atoms with Gasteiger partial charge in [-0.25, -0.2) is 29.9 Å². The van der Waals surface area contributed by atoms with E-state index >= 15 is 0 Å². The summed E-state index contributed by atoms with van der Waals surface area (Å²) in [5, 5.41) is 21.2. The number of hydrogen-bond acceptors (Lipinski definition) is 15. The summed E-state index contributed by atoms with van der Waals surface area (Å²) in [5.74, 6) is 1.93. The zero-order chi connectivity index (χ0) is 95.7. The lowest BCUT2D eigenvalue weighted by Gasteiger charge is -2.34. The average molecular weight is 1870 g/mol. The van der Waals surface area contributed by atoms with E-state index in [4.69, 9.17) is 48.1 Å². The molecule has 0 bridgehead atoms. The van der Waals surface area contributed by atoms with Crippen LogP contribution in [-0.2, 0) is 0 Å². The summed E-state index contributed by atoms with van der Waals surface area (Å²) in [4.78, 5) is 51.1. The van der Waals surface area contributed by atoms with Crippen LogP contribution in [0.4, 0.5) is 51.2 Å². The van der Waals surface area contributed by atoms with Crippen molar-refractivity contribution in [3.63, 3.8) is 0 Å². The molecule has 15 nitrogen and oxygen atoms in total. The molecule has 0 fully saturated rings. The molecule has 9 aromatic heterocycles. The Labute approximate surface area is 833 Å². The van der Waals surface area contributed by atoms with Gasteiger partial charge in [-0.3, -0.25) is 15.0 Å². The number of fused-ring (bicyclic) bond motifs is 23. The molecule has 0 N–H and O–H groups in total. The molecule has 15 heteroatoms. The van der Waals surface area contributed by atoms with Gasteiger partial charge < -0.3 is 28.0 Å². The number of aromatic nitrogens is 9. The quantitative estimate of drug-likeness (QED) is 0.134. The smallest absolute Gasteiger partial charge is 0.180 e. The largest absolute Gasteiger partial charge is 0.452 e. The molecular weight excluding hydrogens is 1790 g/mol. The Morgan fingerprint density at radius 3 is 1.02 bits per heavy atom. The van der Waals surface area contributed by atoms with Crippen molar-refractivity contribution in [3.8, 4) is 101 Å². The number of furan rings is 3. The molecule has 0 atom stereocenters. The van der Waals surface area contributed by atoms with Gasteiger partial charge in [-0.15, -0.1) is 0 Å². The first-order valence-corrected chi connectivity index (χ1v) is 48.9. The van der Waals surface area contributed by atoms with Crippen LogP contribution in [0.25, 0.3) is 254 Å². The van der Waals surface area contributed by atoms with Gasteiger partial charge in [0.25, 0.3) is 0 Å². The third-order valence-electron chi connectivity index (χ3n) is 29.2. The van der Waals surface area contributed by atoms with Gasteiger partial charge in [-0.1, -0.05) is 261 Å². The number of anilines is 9. The normalized spacial score (nSPS) is 12.3. The Hall–Kier alpha value is -20.0. The summed E-state index contributed by atoms with van der Waals surface area (Å²) < 4.78 is 19.0. The second-order valence-corrected chi connectivity index (χ2v) is 37.3. The summed E-state index contributed by atoms with van der Waals surface area (Å²) >= 11 is 0. The van der Waals surface area contributed by atoms with Crippen molar-refractivity contribution < 1.29 is 13.3 Å². The molecule has 3 aliphatic rings. The molecule has 678 valence electrons. The third kappa shape index (κ3) is 13.0. The summed E-state index contributed by atoms with van der Waals surface area (Å²) in [6, 6.07) is 152. The summed E-state index contributed by atoms with van der Waals surface area (Å²) in [6.45, 7) is 0. The van der Waals surface area contributed by atoms with Gasteiger partial charge in [-0.2, -0.15) is 0 Å². The highest BCUT2D eigenvalue weighted by Crippen LogP contribution is 2.58. The number of benzene rings is 20. The maximum atomic E-state index is 6.44. The fraction of sp³-hybridized carbons (Fsp3) is 0. The molecule has 0 aliphatic carbocycles. The van der Waals surface area contributed by atoms with Crippen LogP contribution < -0.4 is 14.7 Å². The summed E-state index contributed by atoms with van der Waals surface area (Å²) in [5.41, 5.74) is 33.3. The fourth-order valence-corrected chi connectivity index (χ4v) is 22.6. The van der Waals surface area contributed by atoms with E-state index in [1.54, 1.807) is 18.6 Å². The lowest BCUT2D eigenvalue weighted by atomic mass is 9.87. The monoisotopic (exact) mass is 1860 g/mol. The summed E-state index contributed by atoms with van der Waals surface area (Å²) in [6.07, 6.45) is 8.96. The van der Waals surface area contributed by atoms with Gasteiger partial charge in [0.15, 0.2) is 34.2 Å². The molecule has 3 aliphatic heterocycles. The van der Waals surface area contributed by atoms with E-state index in [2.05, 4.69) is 358 Å². The van der Waals surface area contributed by atoms with Crippen LogP contribution in [0.1, 0.15) is 0 Å². The zero-order valence-electron chi connectivity index (χ0n) is 78.0. The Bertz CT molecular complexity index is 10500. The average Bonchev–Trinajstić information content (AvgIpc) is 0.849. The van der Waals surface area contributed by atoms with Gasteiger partial charge in [0.1, 0.15) is 50.4 Å². The van der Waals surface area contributed by atoms with E-state index in [0.29, 0.717) is 34.2 Å². The third-order valence-corrected chi connectivity index (χ3v) is 29.2. The minimum absolute atomic E-state index is 0.635. The first-order chi connectivity index (χ1) is 72.4. The molecule has 0 spiro atoms. The molecule has 32 rings (SSSR count). The topological polar surface area (TPSA) is 165 Å². The van der Waals surface area contributed by atoms with Crippen LogP contribution in [0, 0.1) is 0 Å². The molecule has 12 heterocycles. The lowest BCUT2D eigenvalue weighted by molar-refractivity contribution is 0.667. The Balaban J connectivity index is 0.000000102. The molecule has 0 radical (unpaired) electrons. The SMILES string of the molecule is c1ccc2c3c(ccc2c1)N(c1ccc(-c2nc(-c4cccc5cccnc45)c4oc5ccccc5c4n2)cc1)c1cccc2cccc-3c12.c1ccc2c3c(ccc2c1)N(c1ccc2cc(-c4nc(-c5ccncc5)c5oc6ccccc6c5n4)ccc2c1)c1cccc2cccc-3c12.c1cncc(-c2nc(-c3ccc(N4c5ccc6ccccc6c5-c5cccc6cccc4c56)cc3)nc3c2oc2ccccc23)c1. The van der Waals surface area contributed by atoms with Crippen molar-refractivity contribution in [1.29, 1.82) is 0 Å². The molecule has 146 heavy (non-hydrogen) atoms. The van der Waals surface area contributed by atoms with Crippen molar-refractivity contribution in [1.82, 2.24) is 44.9 Å². The van der Waals surface area contributed by atoms with Crippen LogP contribution >= 0.6 is 0 Å². The van der Waals surface area contributed by atoms with Gasteiger partial charge in [-0.05, 0) is 246 Å². The van der Waals surface area contributed by atoms with Gasteiger partial charge in [0.05, 0.1) is 39.6 Å². The minimum atomic E-state index is 0.635. The minimum Gasteiger partial charge on any atom is -0.452 e. The number of pyridine rings is 3. The second kappa shape index (κ2) is 32.8. The van der Waals surface area contributed by atoms with Crippen LogP contribution in [0.15, 0.2) is 475 Å². The molecule has 0 saturated carbocycles. The second-order valence-electron chi connectivity index (χ2n) is 37.3. The predicted molar refractivity (Wildman–Crippen MR) is 595 cm³/mol. The van der Waals surface area contributed by atoms with Crippen molar-refractivity contribution in [2.24, 2.45) is 0 Å². The Morgan fingerprint density at radius 1 is 0.192 bits per heavy atom. The summed E-state index contributed by atoms with van der Waals surface area (Å²) in [7, 11) is 0. The van der Waals surface area contributed by atoms with Crippen molar-refractivity contribution >= 4 is 204 Å². The maximum absolute atomic E-state index is 6.44. The number of hydrogen-bond donors (Lipinski definition) is 0. The highest BCUT2D eigenvalue weighted by Gasteiger charge is 2.34. The standard InChI is InChI=1S/2C45H26N4O.C41H24N4O/c1-2-14-32-27(9-1)22-25-37-40(32)34-16-5-10-28-11-7-18-36(39(28)34)49(37)31-23-20-30(21-24-31)45-47-42-33-15-3-4-19-38(33)50-44(42)43(48-45)35-17-6-12-29-13-8-26-46-41(29)35;1-2-10-34-27(7-1)18-20-38-41(34)36-12-5-8-28-9-6-13-37(40(28)36)49(38)33-19-17-30-25-32(16-15-31(30)26-33)45-47-42(29-21-23-46-24-22-29)44-43(48-45)35-11-3-4-14-39(35)50-44;1-2-12-30-25(8-1)19-22-34-37(30)32-14-5-9-26-10-6-15-33(36(26)32)45(34)29-20-17-27(18-21-29)41-43-38(28-11-7-23-42-24-28)40-39(44-41)31-13-3-4-16-35(31)46-40/h2*1-26H;1-24H. The zero-order valence-corrected chi connectivity index (χ0v) is 78.0. The lowest BCUT2D eigenvalue weighted by Crippen LogP contribution is -2.15. The maximum Gasteiger partial charge on any atom is 0.180 e. The Morgan fingerprint density at radius 2 is 0.548 bits per heavy atom. The van der Waals surface area contributed by atoms with E-state index < -0.39 is 0 Å². The van der Waals surface area contributed by atoms with E-state index in [9.17, 15) is 0 Å². The van der Waals surface area contributed by atoms with Crippen molar-refractivity contribution in [3.05, 3.63) is 462 Å². The highest BCUT2D eigenvalue weighted by atomic mass is 16.3. The van der Waals surface area contributed by atoms with E-state index in [1.807, 2.05) is 109 Å². The van der Waals surface area contributed by atoms with Gasteiger partial charge >= 0.3 is 0 Å². The van der Waals surface area contributed by atoms with Crippen LogP contribution in [0.5, 0.6) is 0 Å². The predicted octanol–water partition coefficient (Wildman–Crippen LogP) is 34.9. The van der Waals surface area contributed by atoms with E-state index in [-0.39, 0.29) is 0 Å². The first-order valence-electron chi connectivity index (χ1n) is 48.9.